The summed E-state index contributed by atoms with van der Waals surface area (Å²) in [7, 11) is 1.88. The lowest BCUT2D eigenvalue weighted by Crippen LogP contribution is -2.34. The molecule has 0 aromatic heterocycles. The fourth-order valence-electron chi connectivity index (χ4n) is 2.91. The van der Waals surface area contributed by atoms with Gasteiger partial charge in [0.05, 0.1) is 6.54 Å². The highest BCUT2D eigenvalue weighted by Gasteiger charge is 2.25. The SMILES string of the molecule is Cc1cc(C)cc(OCCN(C)C(=O)C2CCCC2)c1. The Morgan fingerprint density at radius 3 is 2.40 bits per heavy atom. The minimum atomic E-state index is 0.251. The maximum Gasteiger partial charge on any atom is 0.225 e. The average Bonchev–Trinajstić information content (AvgIpc) is 2.90. The molecule has 1 aliphatic rings. The number of aryl methyl sites for hydroxylation is 2. The van der Waals surface area contributed by atoms with Gasteiger partial charge in [0.2, 0.25) is 5.91 Å². The molecular formula is C17H25NO2. The minimum absolute atomic E-state index is 0.251. The van der Waals surface area contributed by atoms with Crippen molar-refractivity contribution in [2.45, 2.75) is 39.5 Å². The fraction of sp³-hybridized carbons (Fsp3) is 0.588. The van der Waals surface area contributed by atoms with Crippen LogP contribution in [-0.4, -0.2) is 31.0 Å². The summed E-state index contributed by atoms with van der Waals surface area (Å²) in [5.74, 6) is 1.43. The summed E-state index contributed by atoms with van der Waals surface area (Å²) in [6.45, 7) is 5.34. The van der Waals surface area contributed by atoms with E-state index in [4.69, 9.17) is 4.74 Å². The van der Waals surface area contributed by atoms with Gasteiger partial charge in [0.15, 0.2) is 0 Å². The smallest absolute Gasteiger partial charge is 0.225 e. The molecule has 1 amide bonds. The van der Waals surface area contributed by atoms with Gasteiger partial charge in [0, 0.05) is 13.0 Å². The fourth-order valence-corrected chi connectivity index (χ4v) is 2.91. The second-order valence-electron chi connectivity index (χ2n) is 5.91. The van der Waals surface area contributed by atoms with Crippen molar-refractivity contribution in [2.24, 2.45) is 5.92 Å². The zero-order valence-electron chi connectivity index (χ0n) is 12.8. The number of hydrogen-bond acceptors (Lipinski definition) is 2. The first-order valence-corrected chi connectivity index (χ1v) is 7.52. The van der Waals surface area contributed by atoms with Gasteiger partial charge in [-0.2, -0.15) is 0 Å². The van der Waals surface area contributed by atoms with Crippen LogP contribution in [0.25, 0.3) is 0 Å². The van der Waals surface area contributed by atoms with Crippen molar-refractivity contribution in [3.05, 3.63) is 29.3 Å². The number of carbonyl (C=O) groups is 1. The largest absolute Gasteiger partial charge is 0.492 e. The molecule has 20 heavy (non-hydrogen) atoms. The van der Waals surface area contributed by atoms with E-state index < -0.39 is 0 Å². The summed E-state index contributed by atoms with van der Waals surface area (Å²) >= 11 is 0. The Morgan fingerprint density at radius 1 is 1.20 bits per heavy atom. The van der Waals surface area contributed by atoms with Crippen molar-refractivity contribution >= 4 is 5.91 Å². The molecule has 0 unspecified atom stereocenters. The van der Waals surface area contributed by atoms with Crippen molar-refractivity contribution in [1.82, 2.24) is 4.90 Å². The third-order valence-corrected chi connectivity index (χ3v) is 3.97. The number of amides is 1. The van der Waals surface area contributed by atoms with Crippen LogP contribution in [0.4, 0.5) is 0 Å². The summed E-state index contributed by atoms with van der Waals surface area (Å²) in [6.07, 6.45) is 4.51. The number of nitrogens with zero attached hydrogens (tertiary/aromatic N) is 1. The molecule has 110 valence electrons. The topological polar surface area (TPSA) is 29.5 Å². The van der Waals surface area contributed by atoms with Crippen LogP contribution in [0.15, 0.2) is 18.2 Å². The summed E-state index contributed by atoms with van der Waals surface area (Å²) in [4.78, 5) is 14.0. The van der Waals surface area contributed by atoms with E-state index in [1.807, 2.05) is 24.1 Å². The zero-order chi connectivity index (χ0) is 14.5. The van der Waals surface area contributed by atoms with Gasteiger partial charge in [-0.25, -0.2) is 0 Å². The maximum atomic E-state index is 12.2. The molecule has 0 N–H and O–H groups in total. The van der Waals surface area contributed by atoms with E-state index >= 15 is 0 Å². The number of benzene rings is 1. The molecule has 1 aliphatic carbocycles. The van der Waals surface area contributed by atoms with E-state index in [-0.39, 0.29) is 11.8 Å². The van der Waals surface area contributed by atoms with E-state index in [1.165, 1.54) is 24.0 Å². The molecule has 0 aliphatic heterocycles. The summed E-state index contributed by atoms with van der Waals surface area (Å²) in [6, 6.07) is 6.19. The Kier molecular flexibility index (Phi) is 5.05. The molecule has 1 fully saturated rings. The highest BCUT2D eigenvalue weighted by Crippen LogP contribution is 2.26. The molecule has 1 aromatic carbocycles. The van der Waals surface area contributed by atoms with Gasteiger partial charge in [-0.15, -0.1) is 0 Å². The molecule has 0 atom stereocenters. The third kappa shape index (κ3) is 3.99. The summed E-state index contributed by atoms with van der Waals surface area (Å²) in [5, 5.41) is 0. The third-order valence-electron chi connectivity index (χ3n) is 3.97. The van der Waals surface area contributed by atoms with E-state index in [1.54, 1.807) is 0 Å². The zero-order valence-corrected chi connectivity index (χ0v) is 12.8. The first-order valence-electron chi connectivity index (χ1n) is 7.52. The van der Waals surface area contributed by atoms with Crippen molar-refractivity contribution in [2.75, 3.05) is 20.2 Å². The van der Waals surface area contributed by atoms with Crippen LogP contribution in [-0.2, 0) is 4.79 Å². The quantitative estimate of drug-likeness (QED) is 0.825. The first kappa shape index (κ1) is 14.9. The standard InChI is InChI=1S/C17H25NO2/c1-13-10-14(2)12-16(11-13)20-9-8-18(3)17(19)15-6-4-5-7-15/h10-12,15H,4-9H2,1-3H3. The van der Waals surface area contributed by atoms with Crippen LogP contribution in [0.5, 0.6) is 5.75 Å². The van der Waals surface area contributed by atoms with Crippen LogP contribution in [0, 0.1) is 19.8 Å². The van der Waals surface area contributed by atoms with Gasteiger partial charge in [-0.05, 0) is 49.9 Å². The Morgan fingerprint density at radius 2 is 1.80 bits per heavy atom. The molecular weight excluding hydrogens is 250 g/mol. The molecule has 3 nitrogen and oxygen atoms in total. The molecule has 0 bridgehead atoms. The lowest BCUT2D eigenvalue weighted by Gasteiger charge is -2.21. The van der Waals surface area contributed by atoms with E-state index in [0.717, 1.165) is 18.6 Å². The Bertz CT molecular complexity index is 444. The van der Waals surface area contributed by atoms with Gasteiger partial charge in [0.25, 0.3) is 0 Å². The minimum Gasteiger partial charge on any atom is -0.492 e. The monoisotopic (exact) mass is 275 g/mol. The average molecular weight is 275 g/mol. The van der Waals surface area contributed by atoms with E-state index in [0.29, 0.717) is 13.2 Å². The van der Waals surface area contributed by atoms with Crippen molar-refractivity contribution in [3.63, 3.8) is 0 Å². The highest BCUT2D eigenvalue weighted by atomic mass is 16.5. The van der Waals surface area contributed by atoms with Crippen molar-refractivity contribution in [3.8, 4) is 5.75 Å². The van der Waals surface area contributed by atoms with E-state index in [2.05, 4.69) is 19.9 Å². The predicted octanol–water partition coefficient (Wildman–Crippen LogP) is 3.33. The number of likely N-dealkylation sites (N-methyl/N-ethyl adjacent to an activating group) is 1. The van der Waals surface area contributed by atoms with Crippen LogP contribution < -0.4 is 4.74 Å². The van der Waals surface area contributed by atoms with Gasteiger partial charge in [-0.1, -0.05) is 18.9 Å². The molecule has 0 heterocycles. The van der Waals surface area contributed by atoms with Gasteiger partial charge in [0.1, 0.15) is 12.4 Å². The van der Waals surface area contributed by atoms with Crippen LogP contribution >= 0.6 is 0 Å². The van der Waals surface area contributed by atoms with E-state index in [9.17, 15) is 4.79 Å². The normalized spacial score (nSPS) is 15.3. The van der Waals surface area contributed by atoms with Gasteiger partial charge in [-0.3, -0.25) is 4.79 Å². The molecule has 0 radical (unpaired) electrons. The molecule has 0 saturated heterocycles. The number of hydrogen-bond donors (Lipinski definition) is 0. The van der Waals surface area contributed by atoms with Crippen LogP contribution in [0.2, 0.25) is 0 Å². The first-order chi connectivity index (χ1) is 9.56. The Labute approximate surface area is 121 Å². The maximum absolute atomic E-state index is 12.2. The van der Waals surface area contributed by atoms with Crippen molar-refractivity contribution in [1.29, 1.82) is 0 Å². The van der Waals surface area contributed by atoms with Gasteiger partial charge < -0.3 is 9.64 Å². The second-order valence-corrected chi connectivity index (χ2v) is 5.91. The number of rotatable bonds is 5. The van der Waals surface area contributed by atoms with Crippen LogP contribution in [0.1, 0.15) is 36.8 Å². The Hall–Kier alpha value is -1.51. The highest BCUT2D eigenvalue weighted by molar-refractivity contribution is 5.78. The molecule has 3 heteroatoms. The molecule has 1 saturated carbocycles. The molecule has 1 aromatic rings. The number of carbonyl (C=O) groups excluding carboxylic acids is 1. The predicted molar refractivity (Wildman–Crippen MR) is 81.0 cm³/mol. The molecule has 2 rings (SSSR count). The Balaban J connectivity index is 1.78. The lowest BCUT2D eigenvalue weighted by molar-refractivity contribution is -0.134. The summed E-state index contributed by atoms with van der Waals surface area (Å²) < 4.78 is 5.76. The second kappa shape index (κ2) is 6.78. The van der Waals surface area contributed by atoms with Crippen molar-refractivity contribution < 1.29 is 9.53 Å². The van der Waals surface area contributed by atoms with Gasteiger partial charge >= 0.3 is 0 Å². The summed E-state index contributed by atoms with van der Waals surface area (Å²) in [5.41, 5.74) is 2.41. The number of ether oxygens (including phenoxy) is 1. The van der Waals surface area contributed by atoms with Crippen LogP contribution in [0.3, 0.4) is 0 Å². The molecule has 0 spiro atoms. The lowest BCUT2D eigenvalue weighted by atomic mass is 10.1.